The predicted molar refractivity (Wildman–Crippen MR) is 73.6 cm³/mol. The van der Waals surface area contributed by atoms with E-state index in [4.69, 9.17) is 5.73 Å². The Labute approximate surface area is 115 Å². The Bertz CT molecular complexity index is 568. The fourth-order valence-corrected chi connectivity index (χ4v) is 1.65. The second-order valence-electron chi connectivity index (χ2n) is 3.93. The first-order chi connectivity index (χ1) is 9.00. The van der Waals surface area contributed by atoms with Crippen molar-refractivity contribution in [2.24, 2.45) is 5.73 Å². The highest BCUT2D eigenvalue weighted by Gasteiger charge is 2.34. The van der Waals surface area contributed by atoms with Crippen molar-refractivity contribution in [1.29, 1.82) is 0 Å². The summed E-state index contributed by atoms with van der Waals surface area (Å²) in [7, 11) is 0. The van der Waals surface area contributed by atoms with Crippen molar-refractivity contribution >= 4 is 11.5 Å². The van der Waals surface area contributed by atoms with Gasteiger partial charge in [0.15, 0.2) is 0 Å². The predicted octanol–water partition coefficient (Wildman–Crippen LogP) is 3.94. The van der Waals surface area contributed by atoms with Crippen molar-refractivity contribution in [3.8, 4) is 0 Å². The molecule has 0 atom stereocenters. The lowest BCUT2D eigenvalue weighted by Gasteiger charge is -2.13. The third-order valence-corrected chi connectivity index (χ3v) is 2.54. The molecule has 20 heavy (non-hydrogen) atoms. The van der Waals surface area contributed by atoms with E-state index in [9.17, 15) is 13.2 Å². The summed E-state index contributed by atoms with van der Waals surface area (Å²) in [5.74, 6) is -0.218. The minimum atomic E-state index is -4.44. The molecule has 0 aliphatic rings. The normalized spacial score (nSPS) is 10.8. The number of anilines is 2. The molecule has 1 heterocycles. The van der Waals surface area contributed by atoms with Gasteiger partial charge in [0, 0.05) is 18.4 Å². The Kier molecular flexibility index (Phi) is 5.10. The van der Waals surface area contributed by atoms with Gasteiger partial charge in [0.25, 0.3) is 0 Å². The summed E-state index contributed by atoms with van der Waals surface area (Å²) in [5, 5.41) is 2.67. The lowest BCUT2D eigenvalue weighted by molar-refractivity contribution is -0.137. The van der Waals surface area contributed by atoms with Gasteiger partial charge in [-0.1, -0.05) is 19.6 Å². The molecule has 108 valence electrons. The number of alkyl halides is 3. The van der Waals surface area contributed by atoms with Crippen LogP contribution in [0.5, 0.6) is 0 Å². The molecular weight excluding hydrogens is 267 g/mol. The maximum absolute atomic E-state index is 12.8. The van der Waals surface area contributed by atoms with Crippen LogP contribution in [0.3, 0.4) is 0 Å². The molecule has 0 saturated heterocycles. The average molecular weight is 283 g/mol. The van der Waals surface area contributed by atoms with Crippen LogP contribution in [0.25, 0.3) is 0 Å². The number of pyridine rings is 1. The first kappa shape index (κ1) is 16.0. The smallest absolute Gasteiger partial charge is 0.340 e. The summed E-state index contributed by atoms with van der Waals surface area (Å²) >= 11 is 0. The van der Waals surface area contributed by atoms with Gasteiger partial charge in [-0.05, 0) is 29.8 Å². The van der Waals surface area contributed by atoms with Gasteiger partial charge in [-0.2, -0.15) is 13.2 Å². The van der Waals surface area contributed by atoms with Crippen molar-refractivity contribution in [2.75, 3.05) is 5.32 Å². The van der Waals surface area contributed by atoms with Crippen molar-refractivity contribution < 1.29 is 13.2 Å². The Balaban J connectivity index is 0.00000200. The highest BCUT2D eigenvalue weighted by atomic mass is 19.4. The number of nitrogens with zero attached hydrogens (tertiary/aromatic N) is 1. The highest BCUT2D eigenvalue weighted by Crippen LogP contribution is 2.34. The zero-order valence-corrected chi connectivity index (χ0v) is 9.91. The molecule has 6 heteroatoms. The zero-order valence-electron chi connectivity index (χ0n) is 9.91. The maximum atomic E-state index is 12.8. The fraction of sp³-hybridized carbons (Fsp3) is 0.214. The van der Waals surface area contributed by atoms with Gasteiger partial charge in [0.1, 0.15) is 5.82 Å². The first-order valence-electron chi connectivity index (χ1n) is 5.59. The summed E-state index contributed by atoms with van der Waals surface area (Å²) in [4.78, 5) is 3.73. The van der Waals surface area contributed by atoms with E-state index in [1.54, 1.807) is 24.3 Å². The largest absolute Gasteiger partial charge is 0.419 e. The van der Waals surface area contributed by atoms with Gasteiger partial charge in [-0.15, -0.1) is 0 Å². The molecule has 0 radical (unpaired) electrons. The van der Waals surface area contributed by atoms with Crippen LogP contribution in [-0.4, -0.2) is 4.98 Å². The average Bonchev–Trinajstić information content (AvgIpc) is 2.38. The quantitative estimate of drug-likeness (QED) is 0.897. The molecule has 0 fully saturated rings. The topological polar surface area (TPSA) is 50.9 Å². The molecule has 0 aliphatic carbocycles. The number of nitrogens with one attached hydrogen (secondary N) is 1. The van der Waals surface area contributed by atoms with E-state index in [-0.39, 0.29) is 13.2 Å². The number of hydrogen-bond donors (Lipinski definition) is 2. The summed E-state index contributed by atoms with van der Waals surface area (Å²) in [6, 6.07) is 9.12. The van der Waals surface area contributed by atoms with Crippen molar-refractivity contribution in [3.05, 3.63) is 53.7 Å². The Morgan fingerprint density at radius 2 is 1.90 bits per heavy atom. The number of aromatic nitrogens is 1. The van der Waals surface area contributed by atoms with Crippen LogP contribution in [0, 0.1) is 0 Å². The van der Waals surface area contributed by atoms with Crippen LogP contribution in [0.4, 0.5) is 24.7 Å². The van der Waals surface area contributed by atoms with Gasteiger partial charge in [-0.3, -0.25) is 0 Å². The van der Waals surface area contributed by atoms with Gasteiger partial charge < -0.3 is 11.1 Å². The Morgan fingerprint density at radius 3 is 2.55 bits per heavy atom. The highest BCUT2D eigenvalue weighted by molar-refractivity contribution is 5.60. The van der Waals surface area contributed by atoms with E-state index in [1.807, 2.05) is 0 Å². The second kappa shape index (κ2) is 6.38. The van der Waals surface area contributed by atoms with E-state index >= 15 is 0 Å². The van der Waals surface area contributed by atoms with E-state index < -0.39 is 11.7 Å². The molecule has 0 unspecified atom stereocenters. The van der Waals surface area contributed by atoms with Gasteiger partial charge >= 0.3 is 6.18 Å². The van der Waals surface area contributed by atoms with Crippen molar-refractivity contribution in [2.45, 2.75) is 20.1 Å². The number of benzene rings is 1. The van der Waals surface area contributed by atoms with E-state index in [0.717, 1.165) is 11.6 Å². The first-order valence-corrected chi connectivity index (χ1v) is 5.59. The standard InChI is InChI=1S/C13H12F3N3.CH4/c14-13(15,16)11-5-2-6-18-12(11)19-10-4-1-3-9(7-10)8-17;/h1-7H,8,17H2,(H,18,19);1H4. The summed E-state index contributed by atoms with van der Waals surface area (Å²) in [6.45, 7) is 0.323. The van der Waals surface area contributed by atoms with Gasteiger partial charge in [0.2, 0.25) is 0 Å². The monoisotopic (exact) mass is 283 g/mol. The molecule has 0 bridgehead atoms. The molecule has 0 spiro atoms. The molecule has 3 nitrogen and oxygen atoms in total. The summed E-state index contributed by atoms with van der Waals surface area (Å²) < 4.78 is 38.4. The lowest BCUT2D eigenvalue weighted by atomic mass is 10.2. The summed E-state index contributed by atoms with van der Waals surface area (Å²) in [5.41, 5.74) is 6.04. The van der Waals surface area contributed by atoms with Crippen LogP contribution in [-0.2, 0) is 12.7 Å². The zero-order chi connectivity index (χ0) is 13.9. The minimum Gasteiger partial charge on any atom is -0.340 e. The molecule has 0 aliphatic heterocycles. The molecule has 1 aromatic heterocycles. The third kappa shape index (κ3) is 3.71. The number of rotatable bonds is 3. The molecule has 3 N–H and O–H groups in total. The van der Waals surface area contributed by atoms with Crippen LogP contribution >= 0.6 is 0 Å². The van der Waals surface area contributed by atoms with Crippen LogP contribution in [0.15, 0.2) is 42.6 Å². The fourth-order valence-electron chi connectivity index (χ4n) is 1.65. The van der Waals surface area contributed by atoms with Gasteiger partial charge in [0.05, 0.1) is 5.56 Å². The Morgan fingerprint density at radius 1 is 1.15 bits per heavy atom. The van der Waals surface area contributed by atoms with Crippen LogP contribution in [0.1, 0.15) is 18.6 Å². The second-order valence-corrected chi connectivity index (χ2v) is 3.93. The lowest BCUT2D eigenvalue weighted by Crippen LogP contribution is -2.10. The SMILES string of the molecule is C.NCc1cccc(Nc2ncccc2C(F)(F)F)c1. The van der Waals surface area contributed by atoms with E-state index in [0.29, 0.717) is 12.2 Å². The van der Waals surface area contributed by atoms with Gasteiger partial charge in [-0.25, -0.2) is 4.98 Å². The molecule has 1 aromatic carbocycles. The number of halogens is 3. The Hall–Kier alpha value is -2.08. The number of nitrogens with two attached hydrogens (primary N) is 1. The summed E-state index contributed by atoms with van der Waals surface area (Å²) in [6.07, 6.45) is -3.13. The van der Waals surface area contributed by atoms with E-state index in [1.165, 1.54) is 12.3 Å². The molecule has 2 aromatic rings. The van der Waals surface area contributed by atoms with Crippen LogP contribution < -0.4 is 11.1 Å². The molecule has 2 rings (SSSR count). The molecule has 0 saturated carbocycles. The molecule has 0 amide bonds. The number of hydrogen-bond acceptors (Lipinski definition) is 3. The third-order valence-electron chi connectivity index (χ3n) is 2.54. The van der Waals surface area contributed by atoms with Crippen molar-refractivity contribution in [1.82, 2.24) is 4.98 Å². The minimum absolute atomic E-state index is 0. The van der Waals surface area contributed by atoms with Crippen molar-refractivity contribution in [3.63, 3.8) is 0 Å². The maximum Gasteiger partial charge on any atom is 0.419 e. The van der Waals surface area contributed by atoms with Crippen LogP contribution in [0.2, 0.25) is 0 Å². The van der Waals surface area contributed by atoms with E-state index in [2.05, 4.69) is 10.3 Å². The molecular formula is C14H16F3N3.